The summed E-state index contributed by atoms with van der Waals surface area (Å²) in [6, 6.07) is 7.26. The summed E-state index contributed by atoms with van der Waals surface area (Å²) in [6.45, 7) is 1.65. The number of hydrogen-bond acceptors (Lipinski definition) is 4. The number of carbonyl (C=O) groups excluding carboxylic acids is 1. The van der Waals surface area contributed by atoms with Crippen LogP contribution in [-0.4, -0.2) is 10.8 Å². The van der Waals surface area contributed by atoms with Gasteiger partial charge in [0.25, 0.3) is 11.6 Å². The first-order valence-electron chi connectivity index (χ1n) is 6.72. The molecule has 1 amide bonds. The van der Waals surface area contributed by atoms with Gasteiger partial charge in [-0.25, -0.2) is 0 Å². The lowest BCUT2D eigenvalue weighted by Crippen LogP contribution is -2.10. The highest BCUT2D eigenvalue weighted by Gasteiger charge is 2.20. The number of nitrogens with zero attached hydrogens (tertiary/aromatic N) is 1. The average Bonchev–Trinajstić information content (AvgIpc) is 3.04. The predicted octanol–water partition coefficient (Wildman–Crippen LogP) is 3.71. The number of nitrogens with one attached hydrogen (secondary N) is 1. The summed E-state index contributed by atoms with van der Waals surface area (Å²) in [4.78, 5) is 23.4. The average molecular weight is 302 g/mol. The number of thiophene rings is 1. The van der Waals surface area contributed by atoms with Crippen LogP contribution in [0.5, 0.6) is 0 Å². The molecule has 1 heterocycles. The first kappa shape index (κ1) is 13.8. The topological polar surface area (TPSA) is 72.2 Å². The third-order valence-corrected chi connectivity index (χ3v) is 4.71. The van der Waals surface area contributed by atoms with Gasteiger partial charge in [-0.2, -0.15) is 0 Å². The monoisotopic (exact) mass is 302 g/mol. The van der Waals surface area contributed by atoms with E-state index in [1.165, 1.54) is 17.2 Å². The highest BCUT2D eigenvalue weighted by molar-refractivity contribution is 7.14. The smallest absolute Gasteiger partial charge is 0.283 e. The van der Waals surface area contributed by atoms with Crippen LogP contribution in [0.2, 0.25) is 0 Å². The zero-order chi connectivity index (χ0) is 15.0. The van der Waals surface area contributed by atoms with Gasteiger partial charge >= 0.3 is 0 Å². The van der Waals surface area contributed by atoms with Crippen molar-refractivity contribution in [1.29, 1.82) is 0 Å². The number of amides is 1. The Morgan fingerprint density at radius 3 is 2.76 bits per heavy atom. The van der Waals surface area contributed by atoms with E-state index < -0.39 is 4.92 Å². The number of aryl methyl sites for hydroxylation is 3. The number of carbonyl (C=O) groups is 1. The first-order chi connectivity index (χ1) is 10.0. The zero-order valence-electron chi connectivity index (χ0n) is 11.5. The normalized spacial score (nSPS) is 13.0. The molecule has 108 valence electrons. The summed E-state index contributed by atoms with van der Waals surface area (Å²) < 4.78 is 0. The lowest BCUT2D eigenvalue weighted by atomic mass is 10.1. The molecule has 1 aliphatic carbocycles. The van der Waals surface area contributed by atoms with Crippen molar-refractivity contribution in [3.63, 3.8) is 0 Å². The third-order valence-electron chi connectivity index (χ3n) is 3.67. The molecule has 0 unspecified atom stereocenters. The molecule has 1 aromatic carbocycles. The molecule has 0 aliphatic heterocycles. The standard InChI is InChI=1S/C15H14N2O3S/c1-9-13(17(19)20)8-14(21-9)15(18)16-12-6-5-10-3-2-4-11(10)7-12/h5-8H,2-4H2,1H3,(H,16,18). The summed E-state index contributed by atoms with van der Waals surface area (Å²) in [5.74, 6) is -0.297. The van der Waals surface area contributed by atoms with Crippen LogP contribution >= 0.6 is 11.3 Å². The fraction of sp³-hybridized carbons (Fsp3) is 0.267. The lowest BCUT2D eigenvalue weighted by Gasteiger charge is -2.06. The Labute approximate surface area is 125 Å². The maximum atomic E-state index is 12.2. The lowest BCUT2D eigenvalue weighted by molar-refractivity contribution is -0.385. The van der Waals surface area contributed by atoms with E-state index in [0.29, 0.717) is 9.75 Å². The second-order valence-corrected chi connectivity index (χ2v) is 6.36. The Bertz CT molecular complexity index is 737. The van der Waals surface area contributed by atoms with Gasteiger partial charge < -0.3 is 5.32 Å². The Balaban J connectivity index is 1.80. The fourth-order valence-electron chi connectivity index (χ4n) is 2.61. The van der Waals surface area contributed by atoms with Gasteiger partial charge in [0, 0.05) is 11.8 Å². The van der Waals surface area contributed by atoms with Gasteiger partial charge in [-0.05, 0) is 49.4 Å². The molecule has 0 saturated carbocycles. The SMILES string of the molecule is Cc1sc(C(=O)Nc2ccc3c(c2)CCC3)cc1[N+](=O)[O-]. The van der Waals surface area contributed by atoms with Crippen LogP contribution in [0.1, 0.15) is 32.1 Å². The molecule has 5 nitrogen and oxygen atoms in total. The molecule has 0 spiro atoms. The number of benzene rings is 1. The summed E-state index contributed by atoms with van der Waals surface area (Å²) in [5, 5.41) is 13.6. The molecule has 1 aromatic heterocycles. The van der Waals surface area contributed by atoms with Crippen LogP contribution < -0.4 is 5.32 Å². The second-order valence-electron chi connectivity index (χ2n) is 5.10. The first-order valence-corrected chi connectivity index (χ1v) is 7.54. The maximum Gasteiger partial charge on any atom is 0.283 e. The number of hydrogen-bond donors (Lipinski definition) is 1. The largest absolute Gasteiger partial charge is 0.321 e. The van der Waals surface area contributed by atoms with Crippen molar-refractivity contribution in [2.75, 3.05) is 5.32 Å². The van der Waals surface area contributed by atoms with E-state index in [1.54, 1.807) is 6.92 Å². The van der Waals surface area contributed by atoms with E-state index >= 15 is 0 Å². The van der Waals surface area contributed by atoms with Gasteiger partial charge in [0.2, 0.25) is 0 Å². The van der Waals surface area contributed by atoms with E-state index in [1.807, 2.05) is 18.2 Å². The van der Waals surface area contributed by atoms with Gasteiger partial charge in [-0.15, -0.1) is 11.3 Å². The molecule has 0 saturated heterocycles. The molecule has 1 N–H and O–H groups in total. The van der Waals surface area contributed by atoms with Crippen LogP contribution in [0.3, 0.4) is 0 Å². The molecule has 0 radical (unpaired) electrons. The molecule has 0 fully saturated rings. The Morgan fingerprint density at radius 2 is 2.05 bits per heavy atom. The quantitative estimate of drug-likeness (QED) is 0.694. The molecule has 3 rings (SSSR count). The van der Waals surface area contributed by atoms with Crippen molar-refractivity contribution in [3.8, 4) is 0 Å². The van der Waals surface area contributed by atoms with Crippen LogP contribution in [-0.2, 0) is 12.8 Å². The number of nitro groups is 1. The van der Waals surface area contributed by atoms with Crippen LogP contribution in [0.4, 0.5) is 11.4 Å². The molecule has 1 aliphatic rings. The third kappa shape index (κ3) is 2.67. The number of rotatable bonds is 3. The van der Waals surface area contributed by atoms with E-state index in [0.717, 1.165) is 36.3 Å². The van der Waals surface area contributed by atoms with Crippen molar-refractivity contribution in [2.45, 2.75) is 26.2 Å². The second kappa shape index (κ2) is 5.29. The Hall–Kier alpha value is -2.21. The van der Waals surface area contributed by atoms with Crippen LogP contribution in [0, 0.1) is 17.0 Å². The highest BCUT2D eigenvalue weighted by atomic mass is 32.1. The Morgan fingerprint density at radius 1 is 1.29 bits per heavy atom. The van der Waals surface area contributed by atoms with Gasteiger partial charge in [-0.1, -0.05) is 6.07 Å². The molecular weight excluding hydrogens is 288 g/mol. The highest BCUT2D eigenvalue weighted by Crippen LogP contribution is 2.29. The predicted molar refractivity (Wildman–Crippen MR) is 82.1 cm³/mol. The minimum absolute atomic E-state index is 0.000830. The summed E-state index contributed by atoms with van der Waals surface area (Å²) in [6.07, 6.45) is 3.30. The van der Waals surface area contributed by atoms with E-state index in [4.69, 9.17) is 0 Å². The van der Waals surface area contributed by atoms with E-state index in [2.05, 4.69) is 5.32 Å². The van der Waals surface area contributed by atoms with E-state index in [-0.39, 0.29) is 11.6 Å². The molecule has 0 bridgehead atoms. The number of fused-ring (bicyclic) bond motifs is 1. The van der Waals surface area contributed by atoms with Crippen LogP contribution in [0.25, 0.3) is 0 Å². The van der Waals surface area contributed by atoms with E-state index in [9.17, 15) is 14.9 Å². The van der Waals surface area contributed by atoms with Crippen molar-refractivity contribution < 1.29 is 9.72 Å². The molecule has 6 heteroatoms. The molecule has 21 heavy (non-hydrogen) atoms. The summed E-state index contributed by atoms with van der Waals surface area (Å²) >= 11 is 1.14. The maximum absolute atomic E-state index is 12.2. The van der Waals surface area contributed by atoms with Gasteiger partial charge in [0.1, 0.15) is 0 Å². The van der Waals surface area contributed by atoms with Gasteiger partial charge in [0.05, 0.1) is 14.7 Å². The summed E-state index contributed by atoms with van der Waals surface area (Å²) in [7, 11) is 0. The molecule has 0 atom stereocenters. The Kier molecular flexibility index (Phi) is 3.47. The van der Waals surface area contributed by atoms with Gasteiger partial charge in [-0.3, -0.25) is 14.9 Å². The fourth-order valence-corrected chi connectivity index (χ4v) is 3.49. The minimum atomic E-state index is -0.460. The molecular formula is C15H14N2O3S. The number of anilines is 1. The molecule has 2 aromatic rings. The van der Waals surface area contributed by atoms with Crippen LogP contribution in [0.15, 0.2) is 24.3 Å². The van der Waals surface area contributed by atoms with Crippen molar-refractivity contribution in [3.05, 3.63) is 55.3 Å². The minimum Gasteiger partial charge on any atom is -0.321 e. The summed E-state index contributed by atoms with van der Waals surface area (Å²) in [5.41, 5.74) is 3.37. The van der Waals surface area contributed by atoms with Crippen molar-refractivity contribution in [1.82, 2.24) is 0 Å². The zero-order valence-corrected chi connectivity index (χ0v) is 12.3. The van der Waals surface area contributed by atoms with Gasteiger partial charge in [0.15, 0.2) is 0 Å². The van der Waals surface area contributed by atoms with Crippen molar-refractivity contribution >= 4 is 28.6 Å². The van der Waals surface area contributed by atoms with Crippen molar-refractivity contribution in [2.24, 2.45) is 0 Å².